The second-order valence-corrected chi connectivity index (χ2v) is 6.66. The molecule has 1 fully saturated rings. The molecular weight excluding hydrogens is 248 g/mol. The van der Waals surface area contributed by atoms with Crippen LogP contribution in [0.15, 0.2) is 28.7 Å². The zero-order chi connectivity index (χ0) is 14.2. The Labute approximate surface area is 120 Å². The van der Waals surface area contributed by atoms with Crippen molar-refractivity contribution in [1.82, 2.24) is 10.2 Å². The van der Waals surface area contributed by atoms with E-state index in [1.807, 2.05) is 13.1 Å². The number of fused-ring (bicyclic) bond motifs is 1. The molecule has 0 saturated carbocycles. The fourth-order valence-corrected chi connectivity index (χ4v) is 3.21. The minimum absolute atomic E-state index is 0.440. The normalized spacial score (nSPS) is 18.9. The number of hydrogen-bond donors (Lipinski definition) is 1. The lowest BCUT2D eigenvalue weighted by atomic mass is 9.93. The van der Waals surface area contributed by atoms with Crippen LogP contribution < -0.4 is 5.32 Å². The van der Waals surface area contributed by atoms with Gasteiger partial charge in [-0.15, -0.1) is 0 Å². The van der Waals surface area contributed by atoms with Gasteiger partial charge in [-0.2, -0.15) is 0 Å². The summed E-state index contributed by atoms with van der Waals surface area (Å²) in [5, 5.41) is 4.51. The molecule has 0 aliphatic carbocycles. The summed E-state index contributed by atoms with van der Waals surface area (Å²) in [6.07, 6.45) is 1.27. The Hall–Kier alpha value is -1.32. The van der Waals surface area contributed by atoms with Crippen LogP contribution in [0.2, 0.25) is 0 Å². The standard InChI is InChI=1S/C17H24N2O/c1-17(2)8-9-19(12-17)11-16-14(10-18-3)13-6-4-5-7-15(13)20-16/h4-7,18H,8-12H2,1-3H3. The van der Waals surface area contributed by atoms with E-state index < -0.39 is 0 Å². The van der Waals surface area contributed by atoms with E-state index >= 15 is 0 Å². The van der Waals surface area contributed by atoms with Gasteiger partial charge in [0.2, 0.25) is 0 Å². The highest BCUT2D eigenvalue weighted by molar-refractivity contribution is 5.82. The van der Waals surface area contributed by atoms with Gasteiger partial charge >= 0.3 is 0 Å². The third kappa shape index (κ3) is 2.60. The van der Waals surface area contributed by atoms with E-state index in [1.165, 1.54) is 23.9 Å². The molecular formula is C17H24N2O. The van der Waals surface area contributed by atoms with Gasteiger partial charge in [-0.25, -0.2) is 0 Å². The van der Waals surface area contributed by atoms with E-state index in [2.05, 4.69) is 42.3 Å². The highest BCUT2D eigenvalue weighted by Gasteiger charge is 2.30. The first-order chi connectivity index (χ1) is 9.59. The van der Waals surface area contributed by atoms with Crippen LogP contribution in [-0.4, -0.2) is 25.0 Å². The fourth-order valence-electron chi connectivity index (χ4n) is 3.21. The lowest BCUT2D eigenvalue weighted by molar-refractivity contribution is 0.264. The number of para-hydroxylation sites is 1. The lowest BCUT2D eigenvalue weighted by Gasteiger charge is -2.19. The maximum absolute atomic E-state index is 6.10. The maximum atomic E-state index is 6.10. The number of likely N-dealkylation sites (tertiary alicyclic amines) is 1. The van der Waals surface area contributed by atoms with Crippen molar-refractivity contribution in [3.05, 3.63) is 35.6 Å². The first-order valence-electron chi connectivity index (χ1n) is 7.45. The number of benzene rings is 1. The zero-order valence-electron chi connectivity index (χ0n) is 12.7. The second-order valence-electron chi connectivity index (χ2n) is 6.66. The van der Waals surface area contributed by atoms with Crippen molar-refractivity contribution in [3.8, 4) is 0 Å². The molecule has 1 saturated heterocycles. The van der Waals surface area contributed by atoms with E-state index in [0.29, 0.717) is 5.41 Å². The Morgan fingerprint density at radius 2 is 2.10 bits per heavy atom. The third-order valence-electron chi connectivity index (χ3n) is 4.26. The van der Waals surface area contributed by atoms with Crippen molar-refractivity contribution >= 4 is 11.0 Å². The topological polar surface area (TPSA) is 28.4 Å². The molecule has 0 bridgehead atoms. The number of rotatable bonds is 4. The van der Waals surface area contributed by atoms with Gasteiger partial charge in [0.05, 0.1) is 6.54 Å². The molecule has 3 rings (SSSR count). The van der Waals surface area contributed by atoms with Crippen molar-refractivity contribution in [2.24, 2.45) is 5.41 Å². The summed E-state index contributed by atoms with van der Waals surface area (Å²) in [5.41, 5.74) is 2.76. The quantitative estimate of drug-likeness (QED) is 0.925. The SMILES string of the molecule is CNCc1c(CN2CCC(C)(C)C2)oc2ccccc12. The molecule has 3 heteroatoms. The Morgan fingerprint density at radius 1 is 1.30 bits per heavy atom. The smallest absolute Gasteiger partial charge is 0.134 e. The molecule has 0 atom stereocenters. The number of nitrogens with zero attached hydrogens (tertiary/aromatic N) is 1. The molecule has 2 heterocycles. The van der Waals surface area contributed by atoms with Crippen LogP contribution in [0.3, 0.4) is 0 Å². The van der Waals surface area contributed by atoms with Gasteiger partial charge in [-0.05, 0) is 31.5 Å². The predicted octanol–water partition coefficient (Wildman–Crippen LogP) is 3.38. The van der Waals surface area contributed by atoms with E-state index in [0.717, 1.165) is 31.0 Å². The minimum atomic E-state index is 0.440. The summed E-state index contributed by atoms with van der Waals surface area (Å²) in [6, 6.07) is 8.34. The summed E-state index contributed by atoms with van der Waals surface area (Å²) in [6.45, 7) is 8.81. The highest BCUT2D eigenvalue weighted by atomic mass is 16.3. The second kappa shape index (κ2) is 5.23. The molecule has 1 aliphatic heterocycles. The van der Waals surface area contributed by atoms with Crippen LogP contribution in [0.1, 0.15) is 31.6 Å². The minimum Gasteiger partial charge on any atom is -0.459 e. The van der Waals surface area contributed by atoms with E-state index in [4.69, 9.17) is 4.42 Å². The van der Waals surface area contributed by atoms with Crippen LogP contribution in [0.4, 0.5) is 0 Å². The van der Waals surface area contributed by atoms with Crippen LogP contribution in [-0.2, 0) is 13.1 Å². The van der Waals surface area contributed by atoms with Crippen molar-refractivity contribution < 1.29 is 4.42 Å². The van der Waals surface area contributed by atoms with Crippen molar-refractivity contribution in [2.45, 2.75) is 33.4 Å². The van der Waals surface area contributed by atoms with Crippen LogP contribution >= 0.6 is 0 Å². The number of hydrogen-bond acceptors (Lipinski definition) is 3. The molecule has 2 aromatic rings. The van der Waals surface area contributed by atoms with Gasteiger partial charge in [0.25, 0.3) is 0 Å². The van der Waals surface area contributed by atoms with Gasteiger partial charge in [0.15, 0.2) is 0 Å². The van der Waals surface area contributed by atoms with Gasteiger partial charge in [-0.1, -0.05) is 32.0 Å². The average molecular weight is 272 g/mol. The highest BCUT2D eigenvalue weighted by Crippen LogP contribution is 2.32. The molecule has 108 valence electrons. The summed E-state index contributed by atoms with van der Waals surface area (Å²) in [5.74, 6) is 1.12. The summed E-state index contributed by atoms with van der Waals surface area (Å²) < 4.78 is 6.10. The average Bonchev–Trinajstić information content (AvgIpc) is 2.92. The largest absolute Gasteiger partial charge is 0.459 e. The van der Waals surface area contributed by atoms with Gasteiger partial charge in [-0.3, -0.25) is 4.90 Å². The summed E-state index contributed by atoms with van der Waals surface area (Å²) >= 11 is 0. The summed E-state index contributed by atoms with van der Waals surface area (Å²) in [7, 11) is 1.99. The lowest BCUT2D eigenvalue weighted by Crippen LogP contribution is -2.23. The molecule has 0 unspecified atom stereocenters. The monoisotopic (exact) mass is 272 g/mol. The maximum Gasteiger partial charge on any atom is 0.134 e. The molecule has 1 aromatic carbocycles. The molecule has 20 heavy (non-hydrogen) atoms. The first-order valence-corrected chi connectivity index (χ1v) is 7.45. The molecule has 1 N–H and O–H groups in total. The Kier molecular flexibility index (Phi) is 3.57. The summed E-state index contributed by atoms with van der Waals surface area (Å²) in [4.78, 5) is 2.51. The Balaban J connectivity index is 1.89. The molecule has 0 spiro atoms. The van der Waals surface area contributed by atoms with Crippen molar-refractivity contribution in [3.63, 3.8) is 0 Å². The van der Waals surface area contributed by atoms with Gasteiger partial charge in [0, 0.05) is 24.0 Å². The van der Waals surface area contributed by atoms with Crippen LogP contribution in [0.5, 0.6) is 0 Å². The Morgan fingerprint density at radius 3 is 2.80 bits per heavy atom. The molecule has 0 amide bonds. The predicted molar refractivity (Wildman–Crippen MR) is 82.7 cm³/mol. The molecule has 3 nitrogen and oxygen atoms in total. The van der Waals surface area contributed by atoms with Crippen LogP contribution in [0, 0.1) is 5.41 Å². The number of nitrogens with one attached hydrogen (secondary N) is 1. The number of furan rings is 1. The molecule has 1 aliphatic rings. The van der Waals surface area contributed by atoms with Crippen LogP contribution in [0.25, 0.3) is 11.0 Å². The van der Waals surface area contributed by atoms with Crippen molar-refractivity contribution in [1.29, 1.82) is 0 Å². The van der Waals surface area contributed by atoms with Crippen molar-refractivity contribution in [2.75, 3.05) is 20.1 Å². The zero-order valence-corrected chi connectivity index (χ0v) is 12.7. The van der Waals surface area contributed by atoms with Gasteiger partial charge < -0.3 is 9.73 Å². The first kappa shape index (κ1) is 13.7. The Bertz CT molecular complexity index is 600. The van der Waals surface area contributed by atoms with E-state index in [9.17, 15) is 0 Å². The van der Waals surface area contributed by atoms with Gasteiger partial charge in [0.1, 0.15) is 11.3 Å². The fraction of sp³-hybridized carbons (Fsp3) is 0.529. The molecule has 1 aromatic heterocycles. The third-order valence-corrected chi connectivity index (χ3v) is 4.26. The van der Waals surface area contributed by atoms with E-state index in [1.54, 1.807) is 0 Å². The molecule has 0 radical (unpaired) electrons. The van der Waals surface area contributed by atoms with E-state index in [-0.39, 0.29) is 0 Å².